The summed E-state index contributed by atoms with van der Waals surface area (Å²) < 4.78 is 5.40. The first-order valence-corrected chi connectivity index (χ1v) is 11.0. The average Bonchev–Trinajstić information content (AvgIpc) is 2.68. The van der Waals surface area contributed by atoms with E-state index in [1.165, 1.54) is 0 Å². The number of aliphatic hydroxyl groups is 2. The summed E-state index contributed by atoms with van der Waals surface area (Å²) in [6, 6.07) is 7.66. The van der Waals surface area contributed by atoms with E-state index in [-0.39, 0.29) is 18.6 Å². The summed E-state index contributed by atoms with van der Waals surface area (Å²) >= 11 is 0. The van der Waals surface area contributed by atoms with Crippen molar-refractivity contribution in [2.45, 2.75) is 68.2 Å². The van der Waals surface area contributed by atoms with Crippen LogP contribution in [0.5, 0.6) is 5.75 Å². The van der Waals surface area contributed by atoms with Crippen LogP contribution >= 0.6 is 0 Å². The average molecular weight is 443 g/mol. The molecule has 2 rings (SSSR count). The van der Waals surface area contributed by atoms with Crippen LogP contribution in [0.25, 0.3) is 0 Å². The molecular formula is C27H38O5. The number of benzene rings is 2. The molecule has 176 valence electrons. The smallest absolute Gasteiger partial charge is 0.385 e. The fourth-order valence-electron chi connectivity index (χ4n) is 3.74. The molecule has 0 aliphatic carbocycles. The van der Waals surface area contributed by atoms with E-state index in [2.05, 4.69) is 0 Å². The van der Waals surface area contributed by atoms with Crippen LogP contribution in [0.1, 0.15) is 70.4 Å². The predicted molar refractivity (Wildman–Crippen MR) is 128 cm³/mol. The zero-order valence-corrected chi connectivity index (χ0v) is 20.8. The Kier molecular flexibility index (Phi) is 10.3. The summed E-state index contributed by atoms with van der Waals surface area (Å²) in [4.78, 5) is 24.8. The lowest BCUT2D eigenvalue weighted by molar-refractivity contribution is -0.129. The second-order valence-corrected chi connectivity index (χ2v) is 9.37. The van der Waals surface area contributed by atoms with Crippen LogP contribution in [0.15, 0.2) is 24.3 Å². The molecule has 0 aromatic heterocycles. The fourth-order valence-corrected chi connectivity index (χ4v) is 3.74. The highest BCUT2D eigenvalue weighted by atomic mass is 16.5. The molecule has 0 spiro atoms. The predicted octanol–water partition coefficient (Wildman–Crippen LogP) is 5.10. The van der Waals surface area contributed by atoms with E-state index in [0.29, 0.717) is 11.3 Å². The first kappa shape index (κ1) is 27.5. The van der Waals surface area contributed by atoms with E-state index in [0.717, 1.165) is 46.2 Å². The molecule has 0 atom stereocenters. The summed E-state index contributed by atoms with van der Waals surface area (Å²) in [5.41, 5.74) is 5.86. The number of Topliss-reactive ketones (excluding diaryl/α,β-unsaturated/α-hetero) is 1. The van der Waals surface area contributed by atoms with Gasteiger partial charge < -0.3 is 14.9 Å². The van der Waals surface area contributed by atoms with E-state index >= 15 is 0 Å². The molecule has 0 unspecified atom stereocenters. The van der Waals surface area contributed by atoms with Gasteiger partial charge in [0.1, 0.15) is 5.75 Å². The summed E-state index contributed by atoms with van der Waals surface area (Å²) in [6.45, 7) is 15.8. The first-order chi connectivity index (χ1) is 14.8. The lowest BCUT2D eigenvalue weighted by atomic mass is 9.89. The van der Waals surface area contributed by atoms with Gasteiger partial charge in [0, 0.05) is 18.8 Å². The molecule has 0 bridgehead atoms. The maximum atomic E-state index is 12.5. The summed E-state index contributed by atoms with van der Waals surface area (Å²) in [7, 11) is 0. The van der Waals surface area contributed by atoms with Gasteiger partial charge in [0.15, 0.2) is 0 Å². The molecule has 2 N–H and O–H groups in total. The van der Waals surface area contributed by atoms with Crippen molar-refractivity contribution in [3.05, 3.63) is 63.2 Å². The van der Waals surface area contributed by atoms with Gasteiger partial charge in [-0.05, 0) is 82.1 Å². The monoisotopic (exact) mass is 442 g/mol. The highest BCUT2D eigenvalue weighted by molar-refractivity contribution is 6.41. The van der Waals surface area contributed by atoms with Crippen molar-refractivity contribution in [3.63, 3.8) is 0 Å². The van der Waals surface area contributed by atoms with Crippen LogP contribution < -0.4 is 4.74 Å². The van der Waals surface area contributed by atoms with E-state index in [1.54, 1.807) is 0 Å². The summed E-state index contributed by atoms with van der Waals surface area (Å²) in [6.07, 6.45) is 1.67. The third kappa shape index (κ3) is 7.88. The van der Waals surface area contributed by atoms with Crippen molar-refractivity contribution in [1.29, 1.82) is 0 Å². The number of carbonyl (C=O) groups excluding carboxylic acids is 2. The molecule has 0 heterocycles. The Bertz CT molecular complexity index is 911. The van der Waals surface area contributed by atoms with Gasteiger partial charge in [0.25, 0.3) is 5.78 Å². The van der Waals surface area contributed by atoms with Crippen molar-refractivity contribution >= 4 is 11.8 Å². The highest BCUT2D eigenvalue weighted by Gasteiger charge is 2.24. The van der Waals surface area contributed by atoms with Gasteiger partial charge in [0.05, 0.1) is 0 Å². The second-order valence-electron chi connectivity index (χ2n) is 9.37. The van der Waals surface area contributed by atoms with Crippen LogP contribution in [-0.4, -0.2) is 35.2 Å². The van der Waals surface area contributed by atoms with Gasteiger partial charge in [0.2, 0.25) is 0 Å². The van der Waals surface area contributed by atoms with Crippen molar-refractivity contribution < 1.29 is 24.5 Å². The van der Waals surface area contributed by atoms with Gasteiger partial charge >= 0.3 is 5.97 Å². The number of carbonyl (C=O) groups is 2. The van der Waals surface area contributed by atoms with E-state index < -0.39 is 11.8 Å². The van der Waals surface area contributed by atoms with E-state index in [9.17, 15) is 9.59 Å². The number of esters is 1. The van der Waals surface area contributed by atoms with Crippen molar-refractivity contribution in [1.82, 2.24) is 0 Å². The largest absolute Gasteiger partial charge is 0.420 e. The number of ether oxygens (including phenoxy) is 1. The Morgan fingerprint density at radius 2 is 1.25 bits per heavy atom. The lowest BCUT2D eigenvalue weighted by Gasteiger charge is -2.20. The molecule has 5 heteroatoms. The molecule has 5 nitrogen and oxygen atoms in total. The number of aryl methyl sites for hydroxylation is 6. The number of aliphatic hydroxyl groups excluding tert-OH is 2. The van der Waals surface area contributed by atoms with Crippen LogP contribution in [0, 0.1) is 47.0 Å². The topological polar surface area (TPSA) is 83.8 Å². The van der Waals surface area contributed by atoms with Crippen LogP contribution in [0.3, 0.4) is 0 Å². The molecule has 2 aromatic carbocycles. The maximum absolute atomic E-state index is 12.5. The quantitative estimate of drug-likeness (QED) is 0.270. The zero-order valence-electron chi connectivity index (χ0n) is 20.8. The molecule has 0 aliphatic heterocycles. The fraction of sp³-hybridized carbons (Fsp3) is 0.481. The maximum Gasteiger partial charge on any atom is 0.385 e. The third-order valence-electron chi connectivity index (χ3n) is 5.33. The standard InChI is InChI=1S/C20H22O3.C7H16O2/c1-11-7-13(3)17(14(4)8-11)18(21)20(22)23-19-15(5)9-12(2)10-16(19)6;1-7(2,6-9)4-3-5-8/h7-10H,1-6H3;8-9H,3-6H2,1-2H3. The molecule has 0 aliphatic rings. The van der Waals surface area contributed by atoms with Crippen LogP contribution in [-0.2, 0) is 4.79 Å². The highest BCUT2D eigenvalue weighted by Crippen LogP contribution is 2.26. The van der Waals surface area contributed by atoms with Crippen molar-refractivity contribution in [2.75, 3.05) is 13.2 Å². The minimum absolute atomic E-state index is 0.0112. The molecule has 0 radical (unpaired) electrons. The normalized spacial score (nSPS) is 10.9. The van der Waals surface area contributed by atoms with Gasteiger partial charge in [-0.2, -0.15) is 0 Å². The van der Waals surface area contributed by atoms with Crippen molar-refractivity contribution in [2.24, 2.45) is 5.41 Å². The summed E-state index contributed by atoms with van der Waals surface area (Å²) in [5, 5.41) is 17.2. The van der Waals surface area contributed by atoms with Gasteiger partial charge in [-0.3, -0.25) is 4.79 Å². The third-order valence-corrected chi connectivity index (χ3v) is 5.33. The summed E-state index contributed by atoms with van der Waals surface area (Å²) in [5.74, 6) is -0.967. The number of rotatable bonds is 7. The Hall–Kier alpha value is -2.50. The molecule has 32 heavy (non-hydrogen) atoms. The SMILES string of the molecule is CC(C)(CO)CCCO.Cc1cc(C)c(OC(=O)C(=O)c2c(C)cc(C)cc2C)c(C)c1. The lowest BCUT2D eigenvalue weighted by Crippen LogP contribution is -2.23. The van der Waals surface area contributed by atoms with Crippen LogP contribution in [0.2, 0.25) is 0 Å². The molecule has 0 fully saturated rings. The Balaban J connectivity index is 0.000000482. The van der Waals surface area contributed by atoms with Gasteiger partial charge in [-0.25, -0.2) is 4.79 Å². The molecular weight excluding hydrogens is 404 g/mol. The molecule has 0 amide bonds. The molecule has 2 aromatic rings. The van der Waals surface area contributed by atoms with Crippen LogP contribution in [0.4, 0.5) is 0 Å². The number of ketones is 1. The van der Waals surface area contributed by atoms with Gasteiger partial charge in [-0.1, -0.05) is 49.2 Å². The molecule has 0 saturated heterocycles. The Labute approximate surface area is 192 Å². The Morgan fingerprint density at radius 3 is 1.66 bits per heavy atom. The van der Waals surface area contributed by atoms with E-state index in [1.807, 2.05) is 79.7 Å². The second kappa shape index (κ2) is 11.9. The Morgan fingerprint density at radius 1 is 0.812 bits per heavy atom. The van der Waals surface area contributed by atoms with E-state index in [4.69, 9.17) is 14.9 Å². The minimum atomic E-state index is -0.838. The molecule has 0 saturated carbocycles. The van der Waals surface area contributed by atoms with Gasteiger partial charge in [-0.15, -0.1) is 0 Å². The minimum Gasteiger partial charge on any atom is -0.420 e. The zero-order chi connectivity index (χ0) is 24.6. The number of hydrogen-bond acceptors (Lipinski definition) is 5. The first-order valence-electron chi connectivity index (χ1n) is 11.0. The van der Waals surface area contributed by atoms with Crippen molar-refractivity contribution in [3.8, 4) is 5.75 Å². The number of hydrogen-bond donors (Lipinski definition) is 2.